The van der Waals surface area contributed by atoms with Crippen LogP contribution in [0.1, 0.15) is 73.1 Å². The summed E-state index contributed by atoms with van der Waals surface area (Å²) in [6, 6.07) is 0. The Labute approximate surface area is 155 Å². The van der Waals surface area contributed by atoms with Gasteiger partial charge in [-0.05, 0) is 93.0 Å². The van der Waals surface area contributed by atoms with Crippen molar-refractivity contribution in [1.29, 1.82) is 0 Å². The predicted molar refractivity (Wildman–Crippen MR) is 109 cm³/mol. The molecule has 0 radical (unpaired) electrons. The highest BCUT2D eigenvalue weighted by Gasteiger charge is 2.53. The Kier molecular flexibility index (Phi) is 5.34. The second kappa shape index (κ2) is 7.19. The molecule has 3 aliphatic rings. The summed E-state index contributed by atoms with van der Waals surface area (Å²) in [6.45, 7) is 15.7. The lowest BCUT2D eigenvalue weighted by Gasteiger charge is -2.52. The highest BCUT2D eigenvalue weighted by atomic mass is 14.6. The van der Waals surface area contributed by atoms with Gasteiger partial charge in [0.1, 0.15) is 0 Å². The zero-order chi connectivity index (χ0) is 18.2. The van der Waals surface area contributed by atoms with Crippen LogP contribution >= 0.6 is 0 Å². The van der Waals surface area contributed by atoms with Crippen LogP contribution < -0.4 is 0 Å². The lowest BCUT2D eigenvalue weighted by atomic mass is 9.52. The Morgan fingerprint density at radius 1 is 1.16 bits per heavy atom. The monoisotopic (exact) mass is 336 g/mol. The van der Waals surface area contributed by atoms with Gasteiger partial charge in [0.2, 0.25) is 0 Å². The molecule has 6 unspecified atom stereocenters. The third kappa shape index (κ3) is 3.16. The molecule has 0 aliphatic heterocycles. The van der Waals surface area contributed by atoms with Crippen LogP contribution in [-0.4, -0.2) is 0 Å². The predicted octanol–water partition coefficient (Wildman–Crippen LogP) is 6.95. The van der Waals surface area contributed by atoms with Crippen LogP contribution in [0.3, 0.4) is 0 Å². The Hall–Kier alpha value is -1.22. The molecule has 0 aromatic rings. The first-order chi connectivity index (χ1) is 11.9. The van der Waals surface area contributed by atoms with Crippen LogP contribution in [0.5, 0.6) is 0 Å². The Balaban J connectivity index is 1.84. The average Bonchev–Trinajstić information content (AvgIpc) is 2.90. The zero-order valence-corrected chi connectivity index (χ0v) is 17.0. The number of rotatable bonds is 2. The van der Waals surface area contributed by atoms with E-state index < -0.39 is 0 Å². The molecule has 3 saturated carbocycles. The van der Waals surface area contributed by atoms with Crippen molar-refractivity contribution in [3.8, 4) is 11.8 Å². The summed E-state index contributed by atoms with van der Waals surface area (Å²) < 4.78 is 0. The third-order valence-electron chi connectivity index (χ3n) is 8.27. The van der Waals surface area contributed by atoms with Crippen molar-refractivity contribution in [2.45, 2.75) is 73.1 Å². The highest BCUT2D eigenvalue weighted by Crippen LogP contribution is 2.62. The fraction of sp³-hybridized carbons (Fsp3) is 0.680. The van der Waals surface area contributed by atoms with Crippen LogP contribution in [0.2, 0.25) is 0 Å². The van der Waals surface area contributed by atoms with Gasteiger partial charge in [-0.25, -0.2) is 0 Å². The van der Waals surface area contributed by atoms with Crippen molar-refractivity contribution >= 4 is 0 Å². The summed E-state index contributed by atoms with van der Waals surface area (Å²) >= 11 is 0. The van der Waals surface area contributed by atoms with Gasteiger partial charge < -0.3 is 0 Å². The van der Waals surface area contributed by atoms with Gasteiger partial charge in [0.05, 0.1) is 0 Å². The minimum atomic E-state index is 0.627. The van der Waals surface area contributed by atoms with Crippen LogP contribution in [0.15, 0.2) is 35.5 Å². The van der Waals surface area contributed by atoms with Crippen molar-refractivity contribution in [1.82, 2.24) is 0 Å². The molecule has 25 heavy (non-hydrogen) atoms. The molecular weight excluding hydrogens is 300 g/mol. The van der Waals surface area contributed by atoms with Crippen molar-refractivity contribution in [3.05, 3.63) is 35.5 Å². The topological polar surface area (TPSA) is 0 Å². The fourth-order valence-corrected chi connectivity index (χ4v) is 6.43. The van der Waals surface area contributed by atoms with Crippen molar-refractivity contribution in [2.75, 3.05) is 0 Å². The molecule has 3 aliphatic carbocycles. The standard InChI is InChI=1S/C25H36/c1-7-9-17(3)20(8-2)16-21-11-12-23-22(19(21)5)14-15-25(6)18(4)10-13-24(23)25/h8,16,18-19,22-24H,2,10-15H2,1,3-6H3/b20-17+,21-16-. The van der Waals surface area contributed by atoms with E-state index in [-0.39, 0.29) is 0 Å². The molecule has 0 heteroatoms. The van der Waals surface area contributed by atoms with Crippen molar-refractivity contribution in [3.63, 3.8) is 0 Å². The van der Waals surface area contributed by atoms with Crippen LogP contribution in [0.4, 0.5) is 0 Å². The molecule has 0 saturated heterocycles. The number of allylic oxidation sites excluding steroid dienone is 5. The maximum Gasteiger partial charge on any atom is 0.00612 e. The average molecular weight is 337 g/mol. The molecule has 0 heterocycles. The summed E-state index contributed by atoms with van der Waals surface area (Å²) in [7, 11) is 0. The van der Waals surface area contributed by atoms with E-state index in [0.29, 0.717) is 5.41 Å². The minimum absolute atomic E-state index is 0.627. The summed E-state index contributed by atoms with van der Waals surface area (Å²) in [4.78, 5) is 0. The normalized spacial score (nSPS) is 42.8. The molecule has 6 atom stereocenters. The molecule has 0 N–H and O–H groups in total. The molecule has 3 rings (SSSR count). The van der Waals surface area contributed by atoms with E-state index in [0.717, 1.165) is 35.2 Å². The smallest absolute Gasteiger partial charge is 0.00612 e. The molecule has 0 bridgehead atoms. The number of hydrogen-bond acceptors (Lipinski definition) is 0. The van der Waals surface area contributed by atoms with Crippen molar-refractivity contribution < 1.29 is 0 Å². The summed E-state index contributed by atoms with van der Waals surface area (Å²) in [6.07, 6.45) is 12.9. The Morgan fingerprint density at radius 2 is 1.92 bits per heavy atom. The fourth-order valence-electron chi connectivity index (χ4n) is 6.43. The molecular formula is C25H36. The summed E-state index contributed by atoms with van der Waals surface area (Å²) in [5.74, 6) is 10.7. The molecule has 0 nitrogen and oxygen atoms in total. The Morgan fingerprint density at radius 3 is 2.60 bits per heavy atom. The van der Waals surface area contributed by atoms with E-state index in [1.807, 2.05) is 13.0 Å². The first kappa shape index (κ1) is 18.6. The van der Waals surface area contributed by atoms with Gasteiger partial charge in [0.25, 0.3) is 0 Å². The lowest BCUT2D eigenvalue weighted by molar-refractivity contribution is -0.0122. The van der Waals surface area contributed by atoms with Crippen molar-refractivity contribution in [2.24, 2.45) is 35.0 Å². The molecule has 3 fully saturated rings. The van der Waals surface area contributed by atoms with Gasteiger partial charge in [0, 0.05) is 5.57 Å². The van der Waals surface area contributed by atoms with E-state index in [4.69, 9.17) is 0 Å². The van der Waals surface area contributed by atoms with Crippen LogP contribution in [0.25, 0.3) is 0 Å². The Bertz CT molecular complexity index is 649. The van der Waals surface area contributed by atoms with E-state index in [9.17, 15) is 0 Å². The quantitative estimate of drug-likeness (QED) is 0.378. The third-order valence-corrected chi connectivity index (χ3v) is 8.27. The van der Waals surface area contributed by atoms with E-state index >= 15 is 0 Å². The van der Waals surface area contributed by atoms with Crippen LogP contribution in [0, 0.1) is 46.8 Å². The summed E-state index contributed by atoms with van der Waals surface area (Å²) in [5.41, 5.74) is 4.65. The molecule has 0 amide bonds. The molecule has 0 spiro atoms. The minimum Gasteiger partial charge on any atom is -0.102 e. The van der Waals surface area contributed by atoms with E-state index in [2.05, 4.69) is 52.2 Å². The largest absolute Gasteiger partial charge is 0.102 e. The SMILES string of the molecule is C=CC(/C=C1/CCC2C(CCC3(C)C(C)CCC23)C1C)=C(/C)C#CC. The maximum absolute atomic E-state index is 4.03. The van der Waals surface area contributed by atoms with Gasteiger partial charge in [-0.1, -0.05) is 51.0 Å². The van der Waals surface area contributed by atoms with Crippen LogP contribution in [-0.2, 0) is 0 Å². The van der Waals surface area contributed by atoms with Gasteiger partial charge in [-0.3, -0.25) is 0 Å². The molecule has 0 aromatic heterocycles. The van der Waals surface area contributed by atoms with E-state index in [1.54, 1.807) is 5.57 Å². The first-order valence-electron chi connectivity index (χ1n) is 10.4. The van der Waals surface area contributed by atoms with Gasteiger partial charge in [-0.15, -0.1) is 5.92 Å². The summed E-state index contributed by atoms with van der Waals surface area (Å²) in [5, 5.41) is 0. The van der Waals surface area contributed by atoms with E-state index in [1.165, 1.54) is 44.1 Å². The second-order valence-corrected chi connectivity index (χ2v) is 9.16. The zero-order valence-electron chi connectivity index (χ0n) is 17.0. The second-order valence-electron chi connectivity index (χ2n) is 9.16. The molecule has 0 aromatic carbocycles. The lowest BCUT2D eigenvalue weighted by Crippen LogP contribution is -2.44. The number of hydrogen-bond donors (Lipinski definition) is 0. The van der Waals surface area contributed by atoms with Gasteiger partial charge >= 0.3 is 0 Å². The maximum atomic E-state index is 4.03. The first-order valence-corrected chi connectivity index (χ1v) is 10.4. The molecule has 136 valence electrons. The van der Waals surface area contributed by atoms with Gasteiger partial charge in [-0.2, -0.15) is 0 Å². The number of fused-ring (bicyclic) bond motifs is 3. The van der Waals surface area contributed by atoms with Gasteiger partial charge in [0.15, 0.2) is 0 Å². The highest BCUT2D eigenvalue weighted by molar-refractivity contribution is 5.44.